The van der Waals surface area contributed by atoms with Crippen LogP contribution in [0.3, 0.4) is 0 Å². The Morgan fingerprint density at radius 3 is 1.37 bits per heavy atom. The van der Waals surface area contributed by atoms with Crippen LogP contribution in [0.1, 0.15) is 87.0 Å². The summed E-state index contributed by atoms with van der Waals surface area (Å²) in [6, 6.07) is 62.7. The van der Waals surface area contributed by atoms with Gasteiger partial charge in [0.15, 0.2) is 0 Å². The first kappa shape index (κ1) is 37.0. The number of anilines is 5. The van der Waals surface area contributed by atoms with E-state index in [2.05, 4.69) is 199 Å². The van der Waals surface area contributed by atoms with E-state index in [0.29, 0.717) is 5.92 Å². The Hall–Kier alpha value is -6.64. The van der Waals surface area contributed by atoms with E-state index in [9.17, 15) is 0 Å². The maximum Gasteiger partial charge on any atom is 0.0543 e. The largest absolute Gasteiger partial charge is 0.310 e. The number of rotatable bonds is 6. The van der Waals surface area contributed by atoms with E-state index in [-0.39, 0.29) is 10.8 Å². The molecule has 2 spiro atoms. The van der Waals surface area contributed by atoms with E-state index in [1.54, 1.807) is 0 Å². The zero-order chi connectivity index (χ0) is 41.7. The van der Waals surface area contributed by atoms with Gasteiger partial charge in [-0.15, -0.1) is 0 Å². The van der Waals surface area contributed by atoms with Gasteiger partial charge in [-0.25, -0.2) is 0 Å². The van der Waals surface area contributed by atoms with Gasteiger partial charge in [-0.2, -0.15) is 0 Å². The van der Waals surface area contributed by atoms with Gasteiger partial charge in [-0.05, 0) is 148 Å². The second kappa shape index (κ2) is 14.2. The fraction of sp³-hybridized carbons (Fsp3) is 0.213. The monoisotopic (exact) mass is 812 g/mol. The predicted molar refractivity (Wildman–Crippen MR) is 265 cm³/mol. The molecule has 2 nitrogen and oxygen atoms in total. The van der Waals surface area contributed by atoms with Crippen molar-refractivity contribution in [3.05, 3.63) is 210 Å². The van der Waals surface area contributed by atoms with Gasteiger partial charge in [0, 0.05) is 44.4 Å². The average Bonchev–Trinajstić information content (AvgIpc) is 4.15. The number of para-hydroxylation sites is 1. The molecule has 5 aliphatic rings. The number of hydrogen-bond donors (Lipinski definition) is 0. The minimum absolute atomic E-state index is 0.0627. The highest BCUT2D eigenvalue weighted by Crippen LogP contribution is 2.62. The van der Waals surface area contributed by atoms with Crippen molar-refractivity contribution >= 4 is 50.0 Å². The van der Waals surface area contributed by atoms with E-state index in [1.165, 1.54) is 146 Å². The van der Waals surface area contributed by atoms with Crippen molar-refractivity contribution in [3.63, 3.8) is 0 Å². The molecule has 0 heterocycles. The number of nitrogens with zero attached hydrogens (tertiary/aromatic N) is 2. The van der Waals surface area contributed by atoms with E-state index in [4.69, 9.17) is 0 Å². The minimum Gasteiger partial charge on any atom is -0.310 e. The Morgan fingerprint density at radius 2 is 0.857 bits per heavy atom. The zero-order valence-electron chi connectivity index (χ0n) is 36.2. The van der Waals surface area contributed by atoms with Crippen LogP contribution in [0, 0.1) is 5.92 Å². The lowest BCUT2D eigenvalue weighted by Gasteiger charge is -2.33. The van der Waals surface area contributed by atoms with Crippen LogP contribution in [-0.4, -0.2) is 0 Å². The molecule has 306 valence electrons. The molecular formula is C61H52N2. The third kappa shape index (κ3) is 5.37. The normalized spacial score (nSPS) is 18.4. The van der Waals surface area contributed by atoms with Gasteiger partial charge >= 0.3 is 0 Å². The van der Waals surface area contributed by atoms with Crippen molar-refractivity contribution in [1.82, 2.24) is 0 Å². The number of allylic oxidation sites excluding steroid dienone is 3. The molecule has 2 heteroatoms. The van der Waals surface area contributed by atoms with Crippen LogP contribution in [0.5, 0.6) is 0 Å². The summed E-state index contributed by atoms with van der Waals surface area (Å²) in [6.07, 6.45) is 18.2. The van der Waals surface area contributed by atoms with Crippen LogP contribution >= 0.6 is 0 Å². The molecule has 0 radical (unpaired) electrons. The maximum atomic E-state index is 2.60. The Morgan fingerprint density at radius 1 is 0.429 bits per heavy atom. The van der Waals surface area contributed by atoms with Crippen molar-refractivity contribution in [2.24, 2.45) is 5.92 Å². The second-order valence-electron chi connectivity index (χ2n) is 19.1. The quantitative estimate of drug-likeness (QED) is 0.165. The number of fused-ring (bicyclic) bond motifs is 14. The Balaban J connectivity index is 1.00. The molecule has 1 atom stereocenters. The van der Waals surface area contributed by atoms with Crippen molar-refractivity contribution in [2.75, 3.05) is 9.80 Å². The summed E-state index contributed by atoms with van der Waals surface area (Å²) >= 11 is 0. The van der Waals surface area contributed by atoms with E-state index in [1.807, 2.05) is 0 Å². The average molecular weight is 813 g/mol. The first-order chi connectivity index (χ1) is 31.1. The molecule has 63 heavy (non-hydrogen) atoms. The van der Waals surface area contributed by atoms with Crippen LogP contribution in [0.15, 0.2) is 188 Å². The molecule has 5 aliphatic carbocycles. The maximum absolute atomic E-state index is 2.60. The molecule has 0 amide bonds. The lowest BCUT2D eigenvalue weighted by atomic mass is 9.76. The molecule has 0 saturated heterocycles. The van der Waals surface area contributed by atoms with Crippen LogP contribution in [0.4, 0.5) is 28.4 Å². The molecule has 8 aromatic carbocycles. The molecule has 0 N–H and O–H groups in total. The SMILES string of the molecule is CC1C=CC(N(c2ccc(N(c3ccccc3)c3cc4c(c5ccccc35)-c3ccccc3C43CCCC3)cc2)c2cc3c(c4ccccc24)-c2ccccc2C32CCCC2)=CC1. The molecule has 2 fully saturated rings. The summed E-state index contributed by atoms with van der Waals surface area (Å²) in [5.41, 5.74) is 19.2. The van der Waals surface area contributed by atoms with Gasteiger partial charge in [0.05, 0.1) is 11.4 Å². The van der Waals surface area contributed by atoms with Gasteiger partial charge in [0.25, 0.3) is 0 Å². The summed E-state index contributed by atoms with van der Waals surface area (Å²) in [4.78, 5) is 5.09. The number of benzene rings is 8. The fourth-order valence-electron chi connectivity index (χ4n) is 13.0. The van der Waals surface area contributed by atoms with Crippen LogP contribution in [0.25, 0.3) is 43.8 Å². The van der Waals surface area contributed by atoms with E-state index < -0.39 is 0 Å². The van der Waals surface area contributed by atoms with Gasteiger partial charge < -0.3 is 9.80 Å². The van der Waals surface area contributed by atoms with Crippen LogP contribution < -0.4 is 9.80 Å². The zero-order valence-corrected chi connectivity index (χ0v) is 36.2. The molecule has 2 saturated carbocycles. The highest BCUT2D eigenvalue weighted by atomic mass is 15.2. The van der Waals surface area contributed by atoms with Crippen molar-refractivity contribution in [3.8, 4) is 22.3 Å². The first-order valence-corrected chi connectivity index (χ1v) is 23.6. The molecule has 0 aliphatic heterocycles. The topological polar surface area (TPSA) is 6.48 Å². The summed E-state index contributed by atoms with van der Waals surface area (Å²) in [5, 5.41) is 5.29. The summed E-state index contributed by atoms with van der Waals surface area (Å²) < 4.78 is 0. The fourth-order valence-corrected chi connectivity index (χ4v) is 13.0. The summed E-state index contributed by atoms with van der Waals surface area (Å²) in [5.74, 6) is 0.517. The molecule has 1 unspecified atom stereocenters. The number of hydrogen-bond acceptors (Lipinski definition) is 2. The van der Waals surface area contributed by atoms with E-state index >= 15 is 0 Å². The molecule has 13 rings (SSSR count). The molecule has 8 aromatic rings. The van der Waals surface area contributed by atoms with Crippen molar-refractivity contribution in [1.29, 1.82) is 0 Å². The lowest BCUT2D eigenvalue weighted by molar-refractivity contribution is 0.550. The van der Waals surface area contributed by atoms with Crippen LogP contribution in [0.2, 0.25) is 0 Å². The first-order valence-electron chi connectivity index (χ1n) is 23.6. The molecule has 0 aromatic heterocycles. The van der Waals surface area contributed by atoms with Crippen LogP contribution in [-0.2, 0) is 10.8 Å². The minimum atomic E-state index is 0.0627. The van der Waals surface area contributed by atoms with Gasteiger partial charge in [0.2, 0.25) is 0 Å². The third-order valence-electron chi connectivity index (χ3n) is 15.8. The third-order valence-corrected chi connectivity index (χ3v) is 15.8. The Bertz CT molecular complexity index is 3170. The molecular weight excluding hydrogens is 761 g/mol. The van der Waals surface area contributed by atoms with Gasteiger partial charge in [0.1, 0.15) is 0 Å². The van der Waals surface area contributed by atoms with Gasteiger partial charge in [-0.3, -0.25) is 0 Å². The molecule has 0 bridgehead atoms. The summed E-state index contributed by atoms with van der Waals surface area (Å²) in [7, 11) is 0. The standard InChI is InChI=1S/C61H52N2/c1-41-27-29-43(30-28-41)63(57-40-55-59(49-22-8-6-20-47(49)57)51-24-10-12-26-53(51)61(55)37-15-16-38-61)45-33-31-44(32-34-45)62(42-17-3-2-4-18-42)56-39-54-58(48-21-7-5-19-46(48)56)50-23-9-11-25-52(50)60(54)35-13-14-36-60/h2-12,17-27,29-34,39-41H,13-16,28,35-38H2,1H3. The van der Waals surface area contributed by atoms with E-state index in [0.717, 1.165) is 12.1 Å². The predicted octanol–water partition coefficient (Wildman–Crippen LogP) is 16.8. The smallest absolute Gasteiger partial charge is 0.0543 e. The summed E-state index contributed by atoms with van der Waals surface area (Å²) in [6.45, 7) is 2.32. The Kier molecular flexibility index (Phi) is 8.33. The highest BCUT2D eigenvalue weighted by Gasteiger charge is 2.47. The Labute approximate surface area is 371 Å². The lowest BCUT2D eigenvalue weighted by Crippen LogP contribution is -2.22. The van der Waals surface area contributed by atoms with Crippen molar-refractivity contribution in [2.45, 2.75) is 75.5 Å². The highest BCUT2D eigenvalue weighted by molar-refractivity contribution is 6.11. The second-order valence-corrected chi connectivity index (χ2v) is 19.1. The van der Waals surface area contributed by atoms with Crippen molar-refractivity contribution < 1.29 is 0 Å². The van der Waals surface area contributed by atoms with Gasteiger partial charge in [-0.1, -0.05) is 160 Å².